The van der Waals surface area contributed by atoms with Crippen LogP contribution in [0.1, 0.15) is 16.8 Å². The third-order valence-electron chi connectivity index (χ3n) is 2.86. The summed E-state index contributed by atoms with van der Waals surface area (Å²) in [5.74, 6) is 5.83. The van der Waals surface area contributed by atoms with Gasteiger partial charge >= 0.3 is 0 Å². The van der Waals surface area contributed by atoms with E-state index in [2.05, 4.69) is 58.5 Å². The Balaban J connectivity index is 1.92. The van der Waals surface area contributed by atoms with Crippen LogP contribution in [0.2, 0.25) is 0 Å². The van der Waals surface area contributed by atoms with Gasteiger partial charge in [0.25, 0.3) is 0 Å². The maximum absolute atomic E-state index is 5.25. The Bertz CT molecular complexity index is 506. The van der Waals surface area contributed by atoms with E-state index in [1.807, 2.05) is 0 Å². The molecule has 0 unspecified atom stereocenters. The maximum atomic E-state index is 5.25. The van der Waals surface area contributed by atoms with Crippen molar-refractivity contribution in [3.8, 4) is 0 Å². The summed E-state index contributed by atoms with van der Waals surface area (Å²) in [6.45, 7) is 3.74. The Kier molecular flexibility index (Phi) is 4.43. The van der Waals surface area contributed by atoms with E-state index in [1.54, 1.807) is 12.4 Å². The zero-order chi connectivity index (χ0) is 13.7. The van der Waals surface area contributed by atoms with Crippen LogP contribution >= 0.6 is 0 Å². The van der Waals surface area contributed by atoms with Gasteiger partial charge in [-0.1, -0.05) is 29.8 Å². The van der Waals surface area contributed by atoms with Crippen LogP contribution in [0.3, 0.4) is 0 Å². The summed E-state index contributed by atoms with van der Waals surface area (Å²) in [6, 6.07) is 8.56. The zero-order valence-corrected chi connectivity index (χ0v) is 11.3. The Hall–Kier alpha value is -1.98. The van der Waals surface area contributed by atoms with Gasteiger partial charge in [-0.15, -0.1) is 0 Å². The largest absolute Gasteiger partial charge is 0.307 e. The number of nitrogens with one attached hydrogen (secondary N) is 1. The van der Waals surface area contributed by atoms with Gasteiger partial charge in [-0.25, -0.2) is 10.8 Å². The molecule has 0 bridgehead atoms. The lowest BCUT2D eigenvalue weighted by atomic mass is 10.1. The lowest BCUT2D eigenvalue weighted by molar-refractivity contribution is 0.314. The Morgan fingerprint density at radius 3 is 2.42 bits per heavy atom. The fraction of sp³-hybridized carbons (Fsp3) is 0.286. The van der Waals surface area contributed by atoms with Crippen molar-refractivity contribution in [2.24, 2.45) is 5.84 Å². The molecule has 1 aromatic carbocycles. The van der Waals surface area contributed by atoms with Gasteiger partial charge in [0, 0.05) is 13.1 Å². The van der Waals surface area contributed by atoms with E-state index < -0.39 is 0 Å². The summed E-state index contributed by atoms with van der Waals surface area (Å²) in [7, 11) is 2.07. The molecule has 0 amide bonds. The molecule has 0 aliphatic heterocycles. The lowest BCUT2D eigenvalue weighted by Gasteiger charge is -2.16. The van der Waals surface area contributed by atoms with E-state index in [4.69, 9.17) is 5.84 Å². The standard InChI is InChI=1S/C14H19N5/c1-11-3-5-12(6-4-11)9-19(2)10-13-7-17-14(18-15)8-16-13/h3-8H,9-10,15H2,1-2H3,(H,17,18). The highest BCUT2D eigenvalue weighted by Gasteiger charge is 2.03. The first-order valence-electron chi connectivity index (χ1n) is 6.19. The number of benzene rings is 1. The second-order valence-electron chi connectivity index (χ2n) is 4.70. The predicted molar refractivity (Wildman–Crippen MR) is 76.2 cm³/mol. The minimum atomic E-state index is 0.574. The number of hydrazine groups is 1. The first kappa shape index (κ1) is 13.5. The van der Waals surface area contributed by atoms with Gasteiger partial charge in [-0.05, 0) is 19.5 Å². The fourth-order valence-corrected chi connectivity index (χ4v) is 1.85. The van der Waals surface area contributed by atoms with Crippen LogP contribution in [0.4, 0.5) is 5.82 Å². The Morgan fingerprint density at radius 2 is 1.84 bits per heavy atom. The van der Waals surface area contributed by atoms with Crippen molar-refractivity contribution in [2.75, 3.05) is 12.5 Å². The summed E-state index contributed by atoms with van der Waals surface area (Å²) >= 11 is 0. The molecule has 0 atom stereocenters. The topological polar surface area (TPSA) is 67.1 Å². The summed E-state index contributed by atoms with van der Waals surface area (Å²) < 4.78 is 0. The van der Waals surface area contributed by atoms with Gasteiger partial charge in [-0.3, -0.25) is 9.88 Å². The monoisotopic (exact) mass is 257 g/mol. The molecule has 2 rings (SSSR count). The Labute approximate surface area is 113 Å². The first-order chi connectivity index (χ1) is 9.17. The van der Waals surface area contributed by atoms with Gasteiger partial charge in [0.1, 0.15) is 0 Å². The van der Waals surface area contributed by atoms with Crippen molar-refractivity contribution in [1.82, 2.24) is 14.9 Å². The normalized spacial score (nSPS) is 10.7. The molecule has 0 saturated heterocycles. The number of hydrogen-bond acceptors (Lipinski definition) is 5. The van der Waals surface area contributed by atoms with Crippen LogP contribution in [0, 0.1) is 6.92 Å². The molecule has 0 spiro atoms. The molecule has 5 nitrogen and oxygen atoms in total. The van der Waals surface area contributed by atoms with Gasteiger partial charge in [-0.2, -0.15) is 0 Å². The molecule has 0 aliphatic rings. The summed E-state index contributed by atoms with van der Waals surface area (Å²) in [5.41, 5.74) is 5.96. The summed E-state index contributed by atoms with van der Waals surface area (Å²) in [6.07, 6.45) is 3.37. The fourth-order valence-electron chi connectivity index (χ4n) is 1.85. The van der Waals surface area contributed by atoms with Crippen molar-refractivity contribution >= 4 is 5.82 Å². The molecule has 1 aromatic heterocycles. The van der Waals surface area contributed by atoms with Gasteiger partial charge in [0.15, 0.2) is 5.82 Å². The molecule has 0 aliphatic carbocycles. The van der Waals surface area contributed by atoms with Crippen LogP contribution in [-0.2, 0) is 13.1 Å². The molecule has 0 saturated carbocycles. The number of aromatic nitrogens is 2. The van der Waals surface area contributed by atoms with Crippen molar-refractivity contribution in [2.45, 2.75) is 20.0 Å². The van der Waals surface area contributed by atoms with Crippen molar-refractivity contribution in [3.63, 3.8) is 0 Å². The minimum Gasteiger partial charge on any atom is -0.307 e. The molecule has 100 valence electrons. The van der Waals surface area contributed by atoms with Crippen LogP contribution in [0.25, 0.3) is 0 Å². The third kappa shape index (κ3) is 4.01. The van der Waals surface area contributed by atoms with E-state index in [9.17, 15) is 0 Å². The van der Waals surface area contributed by atoms with Gasteiger partial charge < -0.3 is 5.43 Å². The molecule has 1 heterocycles. The number of rotatable bonds is 5. The summed E-state index contributed by atoms with van der Waals surface area (Å²) in [4.78, 5) is 10.6. The molecule has 5 heteroatoms. The van der Waals surface area contributed by atoms with E-state index in [-0.39, 0.29) is 0 Å². The average molecular weight is 257 g/mol. The van der Waals surface area contributed by atoms with Gasteiger partial charge in [0.05, 0.1) is 18.1 Å². The predicted octanol–water partition coefficient (Wildman–Crippen LogP) is 1.70. The quantitative estimate of drug-likeness (QED) is 0.630. The van der Waals surface area contributed by atoms with E-state index in [0.717, 1.165) is 18.8 Å². The SMILES string of the molecule is Cc1ccc(CN(C)Cc2cnc(NN)cn2)cc1. The number of aryl methyl sites for hydroxylation is 1. The number of nitrogens with two attached hydrogens (primary N) is 1. The molecule has 19 heavy (non-hydrogen) atoms. The second-order valence-corrected chi connectivity index (χ2v) is 4.70. The summed E-state index contributed by atoms with van der Waals surface area (Å²) in [5, 5.41) is 0. The molecular weight excluding hydrogens is 238 g/mol. The van der Waals surface area contributed by atoms with Crippen LogP contribution in [0.5, 0.6) is 0 Å². The van der Waals surface area contributed by atoms with Crippen LogP contribution in [0.15, 0.2) is 36.7 Å². The second kappa shape index (κ2) is 6.26. The van der Waals surface area contributed by atoms with E-state index >= 15 is 0 Å². The van der Waals surface area contributed by atoms with Crippen molar-refractivity contribution < 1.29 is 0 Å². The smallest absolute Gasteiger partial charge is 0.158 e. The average Bonchev–Trinajstić information content (AvgIpc) is 2.42. The number of hydrogen-bond donors (Lipinski definition) is 2. The highest BCUT2D eigenvalue weighted by atomic mass is 15.3. The number of anilines is 1. The first-order valence-corrected chi connectivity index (χ1v) is 6.19. The van der Waals surface area contributed by atoms with Crippen molar-refractivity contribution in [1.29, 1.82) is 0 Å². The number of nitrogen functional groups attached to an aromatic ring is 1. The number of nitrogens with zero attached hydrogens (tertiary/aromatic N) is 3. The highest BCUT2D eigenvalue weighted by Crippen LogP contribution is 2.08. The highest BCUT2D eigenvalue weighted by molar-refractivity contribution is 5.28. The van der Waals surface area contributed by atoms with E-state index in [1.165, 1.54) is 11.1 Å². The van der Waals surface area contributed by atoms with Crippen molar-refractivity contribution in [3.05, 3.63) is 53.5 Å². The van der Waals surface area contributed by atoms with Gasteiger partial charge in [0.2, 0.25) is 0 Å². The molecular formula is C14H19N5. The third-order valence-corrected chi connectivity index (χ3v) is 2.86. The van der Waals surface area contributed by atoms with Crippen LogP contribution in [-0.4, -0.2) is 21.9 Å². The minimum absolute atomic E-state index is 0.574. The van der Waals surface area contributed by atoms with E-state index in [0.29, 0.717) is 5.82 Å². The molecule has 2 aromatic rings. The lowest BCUT2D eigenvalue weighted by Crippen LogP contribution is -2.18. The maximum Gasteiger partial charge on any atom is 0.158 e. The molecule has 0 radical (unpaired) electrons. The molecule has 0 fully saturated rings. The Morgan fingerprint density at radius 1 is 1.11 bits per heavy atom. The molecule has 3 N–H and O–H groups in total. The zero-order valence-electron chi connectivity index (χ0n) is 11.3. The van der Waals surface area contributed by atoms with Crippen LogP contribution < -0.4 is 11.3 Å².